The van der Waals surface area contributed by atoms with E-state index in [1.807, 2.05) is 31.2 Å². The number of nitrogens with two attached hydrogens (primary N) is 2. The van der Waals surface area contributed by atoms with E-state index in [9.17, 15) is 0 Å². The van der Waals surface area contributed by atoms with E-state index < -0.39 is 0 Å². The van der Waals surface area contributed by atoms with Crippen LogP contribution in [0.1, 0.15) is 12.5 Å². The van der Waals surface area contributed by atoms with Gasteiger partial charge in [-0.05, 0) is 31.0 Å². The summed E-state index contributed by atoms with van der Waals surface area (Å²) in [6.45, 7) is 2.10. The minimum absolute atomic E-state index is 0.0228. The number of amidine groups is 1. The molecule has 0 aliphatic rings. The van der Waals surface area contributed by atoms with E-state index in [-0.39, 0.29) is 18.5 Å². The van der Waals surface area contributed by atoms with Gasteiger partial charge in [-0.15, -0.1) is 0 Å². The molecule has 0 heterocycles. The van der Waals surface area contributed by atoms with Crippen molar-refractivity contribution in [2.45, 2.75) is 19.4 Å². The maximum Gasteiger partial charge on any atom is 0.145 e. The van der Waals surface area contributed by atoms with Crippen molar-refractivity contribution in [3.05, 3.63) is 29.8 Å². The lowest BCUT2D eigenvalue weighted by atomic mass is 10.1. The molecule has 82 valence electrons. The summed E-state index contributed by atoms with van der Waals surface area (Å²) < 4.78 is 5.25. The van der Waals surface area contributed by atoms with Gasteiger partial charge in [0.1, 0.15) is 18.2 Å². The average molecular weight is 207 g/mol. The molecule has 0 saturated carbocycles. The molecule has 1 aromatic rings. The lowest BCUT2D eigenvalue weighted by Gasteiger charge is -2.07. The summed E-state index contributed by atoms with van der Waals surface area (Å²) in [5, 5.41) is 7.01. The first-order valence-electron chi connectivity index (χ1n) is 4.88. The molecule has 4 nitrogen and oxygen atoms in total. The van der Waals surface area contributed by atoms with Crippen LogP contribution in [-0.2, 0) is 6.42 Å². The molecule has 0 amide bonds. The predicted octanol–water partition coefficient (Wildman–Crippen LogP) is 0.891. The molecule has 5 N–H and O–H groups in total. The van der Waals surface area contributed by atoms with E-state index in [0.29, 0.717) is 0 Å². The summed E-state index contributed by atoms with van der Waals surface area (Å²) in [5.41, 5.74) is 12.0. The number of ether oxygens (including phenoxy) is 1. The Morgan fingerprint density at radius 3 is 2.47 bits per heavy atom. The van der Waals surface area contributed by atoms with Crippen LogP contribution in [0.4, 0.5) is 0 Å². The van der Waals surface area contributed by atoms with Crippen molar-refractivity contribution >= 4 is 5.84 Å². The van der Waals surface area contributed by atoms with Crippen molar-refractivity contribution in [2.24, 2.45) is 11.5 Å². The zero-order valence-corrected chi connectivity index (χ0v) is 8.86. The smallest absolute Gasteiger partial charge is 0.145 e. The molecule has 0 saturated heterocycles. The normalized spacial score (nSPS) is 12.1. The van der Waals surface area contributed by atoms with Crippen molar-refractivity contribution < 1.29 is 4.74 Å². The summed E-state index contributed by atoms with van der Waals surface area (Å²) in [4.78, 5) is 0. The molecule has 0 aromatic heterocycles. The highest BCUT2D eigenvalue weighted by Gasteiger charge is 1.99. The summed E-state index contributed by atoms with van der Waals surface area (Å²) in [6.07, 6.45) is 0.854. The Morgan fingerprint density at radius 1 is 1.40 bits per heavy atom. The van der Waals surface area contributed by atoms with Gasteiger partial charge in [-0.3, -0.25) is 5.41 Å². The zero-order chi connectivity index (χ0) is 11.3. The van der Waals surface area contributed by atoms with Crippen LogP contribution in [0.3, 0.4) is 0 Å². The van der Waals surface area contributed by atoms with Gasteiger partial charge in [-0.2, -0.15) is 0 Å². The van der Waals surface area contributed by atoms with Gasteiger partial charge in [-0.1, -0.05) is 12.1 Å². The van der Waals surface area contributed by atoms with Gasteiger partial charge in [0, 0.05) is 6.04 Å². The van der Waals surface area contributed by atoms with Gasteiger partial charge in [0.25, 0.3) is 0 Å². The second-order valence-electron chi connectivity index (χ2n) is 3.64. The Hall–Kier alpha value is -1.55. The van der Waals surface area contributed by atoms with Crippen molar-refractivity contribution in [3.8, 4) is 5.75 Å². The van der Waals surface area contributed by atoms with E-state index >= 15 is 0 Å². The molecule has 0 spiro atoms. The summed E-state index contributed by atoms with van der Waals surface area (Å²) in [6, 6.07) is 7.83. The molecule has 0 radical (unpaired) electrons. The molecule has 1 unspecified atom stereocenters. The molecule has 15 heavy (non-hydrogen) atoms. The Labute approximate surface area is 89.7 Å². The van der Waals surface area contributed by atoms with Crippen LogP contribution in [0.25, 0.3) is 0 Å². The van der Waals surface area contributed by atoms with Gasteiger partial charge in [-0.25, -0.2) is 0 Å². The van der Waals surface area contributed by atoms with Crippen LogP contribution >= 0.6 is 0 Å². The quantitative estimate of drug-likeness (QED) is 0.495. The topological polar surface area (TPSA) is 85.1 Å². The monoisotopic (exact) mass is 207 g/mol. The van der Waals surface area contributed by atoms with Crippen LogP contribution in [-0.4, -0.2) is 18.5 Å². The fourth-order valence-electron chi connectivity index (χ4n) is 1.25. The summed E-state index contributed by atoms with van der Waals surface area (Å²) >= 11 is 0. The number of hydrogen-bond acceptors (Lipinski definition) is 3. The SMILES string of the molecule is CC(N)Cc1ccc(OCC(=N)N)cc1. The van der Waals surface area contributed by atoms with Gasteiger partial charge < -0.3 is 16.2 Å². The Kier molecular flexibility index (Phi) is 4.12. The van der Waals surface area contributed by atoms with Crippen LogP contribution in [0.15, 0.2) is 24.3 Å². The molecule has 1 aromatic carbocycles. The van der Waals surface area contributed by atoms with Gasteiger partial charge in [0.2, 0.25) is 0 Å². The number of nitrogens with one attached hydrogen (secondary N) is 1. The minimum atomic E-state index is 0.0228. The van der Waals surface area contributed by atoms with Gasteiger partial charge >= 0.3 is 0 Å². The van der Waals surface area contributed by atoms with E-state index in [0.717, 1.165) is 12.2 Å². The lowest BCUT2D eigenvalue weighted by molar-refractivity contribution is 0.374. The standard InChI is InChI=1S/C11H17N3O/c1-8(12)6-9-2-4-10(5-3-9)15-7-11(13)14/h2-5,8H,6-7,12H2,1H3,(H3,13,14). The third kappa shape index (κ3) is 4.46. The number of hydrogen-bond donors (Lipinski definition) is 3. The highest BCUT2D eigenvalue weighted by Crippen LogP contribution is 2.12. The van der Waals surface area contributed by atoms with E-state index in [4.69, 9.17) is 21.6 Å². The van der Waals surface area contributed by atoms with Crippen molar-refractivity contribution in [1.29, 1.82) is 5.41 Å². The van der Waals surface area contributed by atoms with Crippen LogP contribution in [0, 0.1) is 5.41 Å². The predicted molar refractivity (Wildman–Crippen MR) is 61.2 cm³/mol. The van der Waals surface area contributed by atoms with Crippen LogP contribution < -0.4 is 16.2 Å². The maximum atomic E-state index is 7.01. The highest BCUT2D eigenvalue weighted by atomic mass is 16.5. The third-order valence-corrected chi connectivity index (χ3v) is 1.88. The summed E-state index contributed by atoms with van der Waals surface area (Å²) in [5.74, 6) is 0.744. The maximum absolute atomic E-state index is 7.01. The molecule has 0 bridgehead atoms. The molecular formula is C11H17N3O. The van der Waals surface area contributed by atoms with E-state index in [2.05, 4.69) is 0 Å². The fourth-order valence-corrected chi connectivity index (χ4v) is 1.25. The molecule has 0 aliphatic heterocycles. The first-order chi connectivity index (χ1) is 7.08. The summed E-state index contributed by atoms with van der Waals surface area (Å²) in [7, 11) is 0. The second-order valence-corrected chi connectivity index (χ2v) is 3.64. The Bertz CT molecular complexity index is 319. The Balaban J connectivity index is 2.52. The first kappa shape index (κ1) is 11.5. The van der Waals surface area contributed by atoms with Gasteiger partial charge in [0.15, 0.2) is 0 Å². The second kappa shape index (κ2) is 5.36. The molecule has 0 fully saturated rings. The van der Waals surface area contributed by atoms with E-state index in [1.165, 1.54) is 5.56 Å². The number of benzene rings is 1. The lowest BCUT2D eigenvalue weighted by Crippen LogP contribution is -2.19. The van der Waals surface area contributed by atoms with Crippen LogP contribution in [0.5, 0.6) is 5.75 Å². The largest absolute Gasteiger partial charge is 0.486 e. The van der Waals surface area contributed by atoms with Gasteiger partial charge in [0.05, 0.1) is 0 Å². The fraction of sp³-hybridized carbons (Fsp3) is 0.364. The van der Waals surface area contributed by atoms with Crippen molar-refractivity contribution in [2.75, 3.05) is 6.61 Å². The van der Waals surface area contributed by atoms with Crippen molar-refractivity contribution in [1.82, 2.24) is 0 Å². The Morgan fingerprint density at radius 2 is 2.00 bits per heavy atom. The van der Waals surface area contributed by atoms with Crippen molar-refractivity contribution in [3.63, 3.8) is 0 Å². The number of rotatable bonds is 5. The van der Waals surface area contributed by atoms with E-state index in [1.54, 1.807) is 0 Å². The molecule has 0 aliphatic carbocycles. The molecule has 4 heteroatoms. The molecular weight excluding hydrogens is 190 g/mol. The molecule has 1 atom stereocenters. The average Bonchev–Trinajstić information content (AvgIpc) is 2.16. The third-order valence-electron chi connectivity index (χ3n) is 1.88. The highest BCUT2D eigenvalue weighted by molar-refractivity contribution is 5.78. The van der Waals surface area contributed by atoms with Crippen LogP contribution in [0.2, 0.25) is 0 Å². The minimum Gasteiger partial charge on any atom is -0.486 e. The zero-order valence-electron chi connectivity index (χ0n) is 8.86. The first-order valence-corrected chi connectivity index (χ1v) is 4.88. The molecule has 1 rings (SSSR count).